The molecule has 1 aliphatic heterocycles. The molecule has 2 amide bonds. The van der Waals surface area contributed by atoms with Gasteiger partial charge in [-0.1, -0.05) is 0 Å². The average Bonchev–Trinajstić information content (AvgIpc) is 2.52. The molecular formula is C10H12FN3O. The van der Waals surface area contributed by atoms with Crippen molar-refractivity contribution in [2.75, 3.05) is 30.8 Å². The Labute approximate surface area is 87.1 Å². The molecule has 0 radical (unpaired) electrons. The van der Waals surface area contributed by atoms with E-state index >= 15 is 0 Å². The predicted octanol–water partition coefficient (Wildman–Crippen LogP) is 1.28. The van der Waals surface area contributed by atoms with Crippen LogP contribution in [0.15, 0.2) is 18.2 Å². The maximum Gasteiger partial charge on any atom is 0.324 e. The molecule has 0 saturated carbocycles. The summed E-state index contributed by atoms with van der Waals surface area (Å²) in [5.74, 6) is -0.423. The number of hydrogen-bond acceptors (Lipinski definition) is 2. The Hall–Kier alpha value is -1.78. The van der Waals surface area contributed by atoms with Gasteiger partial charge >= 0.3 is 6.03 Å². The van der Waals surface area contributed by atoms with E-state index in [-0.39, 0.29) is 11.7 Å². The monoisotopic (exact) mass is 209 g/mol. The van der Waals surface area contributed by atoms with Gasteiger partial charge in [-0.3, -0.25) is 4.90 Å². The molecule has 2 rings (SSSR count). The third-order valence-electron chi connectivity index (χ3n) is 2.48. The number of rotatable bonds is 1. The molecule has 1 fully saturated rings. The Balaban J connectivity index is 2.37. The summed E-state index contributed by atoms with van der Waals surface area (Å²) in [6.45, 7) is 1.10. The van der Waals surface area contributed by atoms with Crippen LogP contribution in [0.25, 0.3) is 0 Å². The maximum absolute atomic E-state index is 13.5. The summed E-state index contributed by atoms with van der Waals surface area (Å²) in [4.78, 5) is 14.6. The first-order valence-corrected chi connectivity index (χ1v) is 4.67. The summed E-state index contributed by atoms with van der Waals surface area (Å²) < 4.78 is 13.5. The van der Waals surface area contributed by atoms with E-state index in [1.54, 1.807) is 11.9 Å². The van der Waals surface area contributed by atoms with Crippen molar-refractivity contribution in [3.05, 3.63) is 24.0 Å². The smallest absolute Gasteiger partial charge is 0.324 e. The van der Waals surface area contributed by atoms with Crippen molar-refractivity contribution in [3.63, 3.8) is 0 Å². The van der Waals surface area contributed by atoms with Gasteiger partial charge in [-0.2, -0.15) is 0 Å². The molecule has 1 aliphatic rings. The zero-order valence-corrected chi connectivity index (χ0v) is 8.40. The zero-order valence-electron chi connectivity index (χ0n) is 8.40. The predicted molar refractivity (Wildman–Crippen MR) is 56.2 cm³/mol. The van der Waals surface area contributed by atoms with Gasteiger partial charge in [-0.05, 0) is 18.2 Å². The lowest BCUT2D eigenvalue weighted by Crippen LogP contribution is -2.29. The largest absolute Gasteiger partial charge is 0.399 e. The Kier molecular flexibility index (Phi) is 2.22. The van der Waals surface area contributed by atoms with Crippen LogP contribution in [0.5, 0.6) is 0 Å². The van der Waals surface area contributed by atoms with Crippen molar-refractivity contribution in [2.45, 2.75) is 0 Å². The van der Waals surface area contributed by atoms with Crippen molar-refractivity contribution in [2.24, 2.45) is 0 Å². The normalized spacial score (nSPS) is 16.3. The highest BCUT2D eigenvalue weighted by molar-refractivity contribution is 5.94. The second kappa shape index (κ2) is 3.42. The number of carbonyl (C=O) groups excluding carboxylic acids is 1. The number of nitrogens with two attached hydrogens (primary N) is 1. The third-order valence-corrected chi connectivity index (χ3v) is 2.48. The molecule has 1 aromatic carbocycles. The van der Waals surface area contributed by atoms with Crippen molar-refractivity contribution >= 4 is 17.4 Å². The first kappa shape index (κ1) is 9.76. The van der Waals surface area contributed by atoms with E-state index < -0.39 is 5.82 Å². The highest BCUT2D eigenvalue weighted by Crippen LogP contribution is 2.25. The Morgan fingerprint density at radius 1 is 1.40 bits per heavy atom. The lowest BCUT2D eigenvalue weighted by Gasteiger charge is -2.17. The van der Waals surface area contributed by atoms with Crippen molar-refractivity contribution in [1.29, 1.82) is 0 Å². The summed E-state index contributed by atoms with van der Waals surface area (Å²) in [5.41, 5.74) is 6.26. The molecular weight excluding hydrogens is 197 g/mol. The number of nitrogens with zero attached hydrogens (tertiary/aromatic N) is 2. The van der Waals surface area contributed by atoms with E-state index in [0.29, 0.717) is 18.8 Å². The van der Waals surface area contributed by atoms with Gasteiger partial charge in [-0.15, -0.1) is 0 Å². The lowest BCUT2D eigenvalue weighted by atomic mass is 10.2. The molecule has 1 saturated heterocycles. The number of amides is 2. The number of benzene rings is 1. The fraction of sp³-hybridized carbons (Fsp3) is 0.300. The molecule has 0 bridgehead atoms. The molecule has 0 spiro atoms. The van der Waals surface area contributed by atoms with Gasteiger partial charge < -0.3 is 10.6 Å². The molecule has 0 aliphatic carbocycles. The molecule has 0 aromatic heterocycles. The average molecular weight is 209 g/mol. The fourth-order valence-electron chi connectivity index (χ4n) is 1.61. The fourth-order valence-corrected chi connectivity index (χ4v) is 1.61. The van der Waals surface area contributed by atoms with Crippen LogP contribution in [-0.2, 0) is 0 Å². The number of hydrogen-bond donors (Lipinski definition) is 1. The molecule has 4 nitrogen and oxygen atoms in total. The van der Waals surface area contributed by atoms with Gasteiger partial charge in [0.05, 0.1) is 5.69 Å². The van der Waals surface area contributed by atoms with Crippen LogP contribution in [0.4, 0.5) is 20.6 Å². The van der Waals surface area contributed by atoms with Gasteiger partial charge in [0.1, 0.15) is 5.82 Å². The van der Waals surface area contributed by atoms with Crippen LogP contribution < -0.4 is 10.6 Å². The molecule has 2 N–H and O–H groups in total. The minimum absolute atomic E-state index is 0.195. The SMILES string of the molecule is CN1CCN(c2cc(N)ccc2F)C1=O. The van der Waals surface area contributed by atoms with Gasteiger partial charge in [0.15, 0.2) is 0 Å². The van der Waals surface area contributed by atoms with Crippen molar-refractivity contribution in [3.8, 4) is 0 Å². The molecule has 80 valence electrons. The summed E-state index contributed by atoms with van der Waals surface area (Å²) in [5, 5.41) is 0. The number of urea groups is 1. The van der Waals surface area contributed by atoms with E-state index in [2.05, 4.69) is 0 Å². The third kappa shape index (κ3) is 1.60. The minimum atomic E-state index is -0.423. The molecule has 0 unspecified atom stereocenters. The van der Waals surface area contributed by atoms with Crippen molar-refractivity contribution in [1.82, 2.24) is 4.90 Å². The Morgan fingerprint density at radius 2 is 2.13 bits per heavy atom. The van der Waals surface area contributed by atoms with Crippen LogP contribution in [0.3, 0.4) is 0 Å². The number of nitrogen functional groups attached to an aromatic ring is 1. The quantitative estimate of drug-likeness (QED) is 0.708. The maximum atomic E-state index is 13.5. The lowest BCUT2D eigenvalue weighted by molar-refractivity contribution is 0.229. The van der Waals surface area contributed by atoms with Crippen LogP contribution in [-0.4, -0.2) is 31.1 Å². The first-order valence-electron chi connectivity index (χ1n) is 4.67. The topological polar surface area (TPSA) is 49.6 Å². The Bertz CT molecular complexity index is 408. The highest BCUT2D eigenvalue weighted by Gasteiger charge is 2.28. The van der Waals surface area contributed by atoms with E-state index in [4.69, 9.17) is 5.73 Å². The number of anilines is 2. The summed E-state index contributed by atoms with van der Waals surface area (Å²) in [6.07, 6.45) is 0. The summed E-state index contributed by atoms with van der Waals surface area (Å²) in [6, 6.07) is 4.03. The number of likely N-dealkylation sites (N-methyl/N-ethyl adjacent to an activating group) is 1. The zero-order chi connectivity index (χ0) is 11.0. The molecule has 1 aromatic rings. The first-order chi connectivity index (χ1) is 7.09. The summed E-state index contributed by atoms with van der Waals surface area (Å²) >= 11 is 0. The van der Waals surface area contributed by atoms with Crippen LogP contribution in [0.1, 0.15) is 0 Å². The molecule has 1 heterocycles. The molecule has 0 atom stereocenters. The van der Waals surface area contributed by atoms with E-state index in [1.165, 1.54) is 23.1 Å². The van der Waals surface area contributed by atoms with Crippen LogP contribution >= 0.6 is 0 Å². The van der Waals surface area contributed by atoms with Crippen LogP contribution in [0.2, 0.25) is 0 Å². The van der Waals surface area contributed by atoms with Gasteiger partial charge in [0.25, 0.3) is 0 Å². The van der Waals surface area contributed by atoms with Gasteiger partial charge in [-0.25, -0.2) is 9.18 Å². The summed E-state index contributed by atoms with van der Waals surface area (Å²) in [7, 11) is 1.69. The minimum Gasteiger partial charge on any atom is -0.399 e. The van der Waals surface area contributed by atoms with Gasteiger partial charge in [0, 0.05) is 25.8 Å². The number of halogens is 1. The van der Waals surface area contributed by atoms with E-state index in [0.717, 1.165) is 0 Å². The van der Waals surface area contributed by atoms with Crippen molar-refractivity contribution < 1.29 is 9.18 Å². The Morgan fingerprint density at radius 3 is 2.73 bits per heavy atom. The molecule has 5 heteroatoms. The second-order valence-electron chi connectivity index (χ2n) is 3.57. The van der Waals surface area contributed by atoms with Gasteiger partial charge in [0.2, 0.25) is 0 Å². The molecule has 15 heavy (non-hydrogen) atoms. The standard InChI is InChI=1S/C10H12FN3O/c1-13-4-5-14(10(13)15)9-6-7(12)2-3-8(9)11/h2-3,6H,4-5,12H2,1H3. The second-order valence-corrected chi connectivity index (χ2v) is 3.57. The van der Waals surface area contributed by atoms with Crippen LogP contribution in [0, 0.1) is 5.82 Å². The number of carbonyl (C=O) groups is 1. The highest BCUT2D eigenvalue weighted by atomic mass is 19.1. The van der Waals surface area contributed by atoms with E-state index in [9.17, 15) is 9.18 Å². The van der Waals surface area contributed by atoms with E-state index in [1.807, 2.05) is 0 Å².